The standard InChI is InChI=1S/C15H8F4O/c1-2-10-6-12(11-4-3-5-13(16)8-11)9-14(7-10)20-15(17,18)19/h1,3-9H. The predicted molar refractivity (Wildman–Crippen MR) is 66.5 cm³/mol. The third-order valence-electron chi connectivity index (χ3n) is 2.46. The van der Waals surface area contributed by atoms with Crippen LogP contribution in [0.25, 0.3) is 11.1 Å². The normalized spacial score (nSPS) is 10.9. The van der Waals surface area contributed by atoms with Gasteiger partial charge in [0.1, 0.15) is 11.6 Å². The van der Waals surface area contributed by atoms with Crippen molar-refractivity contribution in [3.8, 4) is 29.2 Å². The third kappa shape index (κ3) is 3.51. The lowest BCUT2D eigenvalue weighted by Gasteiger charge is -2.11. The Morgan fingerprint density at radius 2 is 1.75 bits per heavy atom. The lowest BCUT2D eigenvalue weighted by molar-refractivity contribution is -0.274. The van der Waals surface area contributed by atoms with Gasteiger partial charge in [-0.3, -0.25) is 0 Å². The Morgan fingerprint density at radius 1 is 1.00 bits per heavy atom. The molecule has 0 N–H and O–H groups in total. The molecular formula is C15H8F4O. The molecule has 0 aromatic heterocycles. The summed E-state index contributed by atoms with van der Waals surface area (Å²) in [4.78, 5) is 0. The van der Waals surface area contributed by atoms with Crippen LogP contribution in [0.5, 0.6) is 5.75 Å². The molecule has 0 heterocycles. The summed E-state index contributed by atoms with van der Waals surface area (Å²) >= 11 is 0. The van der Waals surface area contributed by atoms with E-state index < -0.39 is 17.9 Å². The van der Waals surface area contributed by atoms with Crippen LogP contribution >= 0.6 is 0 Å². The van der Waals surface area contributed by atoms with E-state index in [9.17, 15) is 17.6 Å². The Morgan fingerprint density at radius 3 is 2.35 bits per heavy atom. The highest BCUT2D eigenvalue weighted by molar-refractivity contribution is 5.67. The number of alkyl halides is 3. The predicted octanol–water partition coefficient (Wildman–Crippen LogP) is 4.37. The molecule has 0 aliphatic rings. The Hall–Kier alpha value is -2.48. The molecule has 5 heteroatoms. The molecule has 0 aliphatic carbocycles. The average Bonchev–Trinajstić information content (AvgIpc) is 2.36. The van der Waals surface area contributed by atoms with Crippen LogP contribution in [0.1, 0.15) is 5.56 Å². The van der Waals surface area contributed by atoms with Crippen LogP contribution in [0.2, 0.25) is 0 Å². The maximum Gasteiger partial charge on any atom is 0.573 e. The highest BCUT2D eigenvalue weighted by Crippen LogP contribution is 2.29. The minimum Gasteiger partial charge on any atom is -0.406 e. The van der Waals surface area contributed by atoms with Gasteiger partial charge in [-0.2, -0.15) is 0 Å². The smallest absolute Gasteiger partial charge is 0.406 e. The fraction of sp³-hybridized carbons (Fsp3) is 0.0667. The lowest BCUT2D eigenvalue weighted by atomic mass is 10.0. The van der Waals surface area contributed by atoms with Gasteiger partial charge in [0.15, 0.2) is 0 Å². The summed E-state index contributed by atoms with van der Waals surface area (Å²) in [5.41, 5.74) is 0.972. The van der Waals surface area contributed by atoms with Crippen molar-refractivity contribution >= 4 is 0 Å². The molecule has 2 aromatic rings. The van der Waals surface area contributed by atoms with Crippen molar-refractivity contribution in [3.63, 3.8) is 0 Å². The second-order valence-electron chi connectivity index (χ2n) is 3.95. The van der Waals surface area contributed by atoms with E-state index in [1.807, 2.05) is 0 Å². The van der Waals surface area contributed by atoms with E-state index >= 15 is 0 Å². The van der Waals surface area contributed by atoms with Crippen LogP contribution in [0.15, 0.2) is 42.5 Å². The van der Waals surface area contributed by atoms with Gasteiger partial charge in [0.25, 0.3) is 0 Å². The molecule has 0 spiro atoms. The van der Waals surface area contributed by atoms with Crippen molar-refractivity contribution in [2.24, 2.45) is 0 Å². The minimum atomic E-state index is -4.81. The SMILES string of the molecule is C#Cc1cc(OC(F)(F)F)cc(-c2cccc(F)c2)c1. The van der Waals surface area contributed by atoms with Gasteiger partial charge in [0.05, 0.1) is 0 Å². The monoisotopic (exact) mass is 280 g/mol. The Kier molecular flexibility index (Phi) is 3.66. The number of ether oxygens (including phenoxy) is 1. The minimum absolute atomic E-state index is 0.214. The summed E-state index contributed by atoms with van der Waals surface area (Å²) in [5, 5.41) is 0. The van der Waals surface area contributed by atoms with Crippen LogP contribution in [-0.4, -0.2) is 6.36 Å². The first-order valence-corrected chi connectivity index (χ1v) is 5.51. The first kappa shape index (κ1) is 13.9. The van der Waals surface area contributed by atoms with E-state index in [4.69, 9.17) is 6.42 Å². The Bertz CT molecular complexity index is 668. The van der Waals surface area contributed by atoms with Gasteiger partial charge < -0.3 is 4.74 Å². The molecule has 20 heavy (non-hydrogen) atoms. The molecule has 0 bridgehead atoms. The van der Waals surface area contributed by atoms with Gasteiger partial charge in [0, 0.05) is 5.56 Å². The topological polar surface area (TPSA) is 9.23 Å². The van der Waals surface area contributed by atoms with Crippen molar-refractivity contribution in [1.82, 2.24) is 0 Å². The summed E-state index contributed by atoms with van der Waals surface area (Å²) in [6, 6.07) is 9.19. The first-order valence-electron chi connectivity index (χ1n) is 5.51. The molecule has 0 fully saturated rings. The molecular weight excluding hydrogens is 272 g/mol. The molecule has 0 amide bonds. The molecule has 0 unspecified atom stereocenters. The summed E-state index contributed by atoms with van der Waals surface area (Å²) in [7, 11) is 0. The Labute approximate surface area is 112 Å². The Balaban J connectivity index is 2.49. The van der Waals surface area contributed by atoms with Crippen molar-refractivity contribution in [2.75, 3.05) is 0 Å². The van der Waals surface area contributed by atoms with E-state index in [-0.39, 0.29) is 5.56 Å². The molecule has 0 atom stereocenters. The van der Waals surface area contributed by atoms with Crippen LogP contribution in [0.4, 0.5) is 17.6 Å². The number of terminal acetylenes is 1. The molecule has 0 saturated carbocycles. The summed E-state index contributed by atoms with van der Waals surface area (Å²) in [5.74, 6) is 1.31. The van der Waals surface area contributed by atoms with Crippen LogP contribution in [-0.2, 0) is 0 Å². The number of halogens is 4. The van der Waals surface area contributed by atoms with Gasteiger partial charge >= 0.3 is 6.36 Å². The van der Waals surface area contributed by atoms with E-state index in [1.54, 1.807) is 6.07 Å². The molecule has 0 saturated heterocycles. The summed E-state index contributed by atoms with van der Waals surface area (Å²) in [6.45, 7) is 0. The first-order chi connectivity index (χ1) is 9.37. The van der Waals surface area contributed by atoms with Crippen molar-refractivity contribution < 1.29 is 22.3 Å². The van der Waals surface area contributed by atoms with Crippen LogP contribution < -0.4 is 4.74 Å². The van der Waals surface area contributed by atoms with Crippen LogP contribution in [0, 0.1) is 18.2 Å². The number of benzene rings is 2. The van der Waals surface area contributed by atoms with Gasteiger partial charge in [0.2, 0.25) is 0 Å². The fourth-order valence-corrected chi connectivity index (χ4v) is 1.71. The van der Waals surface area contributed by atoms with Gasteiger partial charge in [-0.1, -0.05) is 18.1 Å². The summed E-state index contributed by atoms with van der Waals surface area (Å²) < 4.78 is 53.7. The van der Waals surface area contributed by atoms with E-state index in [0.29, 0.717) is 11.1 Å². The molecule has 2 rings (SSSR count). The molecule has 0 aliphatic heterocycles. The molecule has 2 aromatic carbocycles. The number of hydrogen-bond acceptors (Lipinski definition) is 1. The number of hydrogen-bond donors (Lipinski definition) is 0. The van der Waals surface area contributed by atoms with Crippen LogP contribution in [0.3, 0.4) is 0 Å². The second kappa shape index (κ2) is 5.25. The summed E-state index contributed by atoms with van der Waals surface area (Å²) in [6.07, 6.45) is 0.385. The molecule has 102 valence electrons. The highest BCUT2D eigenvalue weighted by Gasteiger charge is 2.31. The lowest BCUT2D eigenvalue weighted by Crippen LogP contribution is -2.17. The number of rotatable bonds is 2. The van der Waals surface area contributed by atoms with Gasteiger partial charge in [-0.25, -0.2) is 4.39 Å². The largest absolute Gasteiger partial charge is 0.573 e. The molecule has 0 radical (unpaired) electrons. The van der Waals surface area contributed by atoms with E-state index in [0.717, 1.165) is 12.1 Å². The van der Waals surface area contributed by atoms with E-state index in [1.165, 1.54) is 24.3 Å². The second-order valence-corrected chi connectivity index (χ2v) is 3.95. The maximum absolute atomic E-state index is 13.2. The zero-order valence-corrected chi connectivity index (χ0v) is 10.0. The highest BCUT2D eigenvalue weighted by atomic mass is 19.4. The fourth-order valence-electron chi connectivity index (χ4n) is 1.71. The zero-order valence-electron chi connectivity index (χ0n) is 10.0. The maximum atomic E-state index is 13.2. The quantitative estimate of drug-likeness (QED) is 0.586. The van der Waals surface area contributed by atoms with Gasteiger partial charge in [-0.05, 0) is 41.5 Å². The third-order valence-corrected chi connectivity index (χ3v) is 2.46. The van der Waals surface area contributed by atoms with Crippen molar-refractivity contribution in [2.45, 2.75) is 6.36 Å². The van der Waals surface area contributed by atoms with Crippen molar-refractivity contribution in [3.05, 3.63) is 53.8 Å². The average molecular weight is 280 g/mol. The van der Waals surface area contributed by atoms with Crippen molar-refractivity contribution in [1.29, 1.82) is 0 Å². The molecule has 1 nitrogen and oxygen atoms in total. The zero-order chi connectivity index (χ0) is 14.8. The van der Waals surface area contributed by atoms with Gasteiger partial charge in [-0.15, -0.1) is 19.6 Å². The van der Waals surface area contributed by atoms with E-state index in [2.05, 4.69) is 10.7 Å².